The second kappa shape index (κ2) is 16.0. The maximum absolute atomic E-state index is 14.8. The van der Waals surface area contributed by atoms with Crippen LogP contribution in [0.5, 0.6) is 0 Å². The zero-order valence-corrected chi connectivity index (χ0v) is 31.4. The van der Waals surface area contributed by atoms with Crippen LogP contribution in [0.2, 0.25) is 0 Å². The van der Waals surface area contributed by atoms with Crippen molar-refractivity contribution in [2.45, 2.75) is 106 Å². The van der Waals surface area contributed by atoms with Gasteiger partial charge >= 0.3 is 0 Å². The van der Waals surface area contributed by atoms with Gasteiger partial charge in [-0.2, -0.15) is 0 Å². The molecule has 1 aromatic carbocycles. The minimum Gasteiger partial charge on any atom is -0.384 e. The molecule has 5 rings (SSSR count). The summed E-state index contributed by atoms with van der Waals surface area (Å²) in [5.74, 6) is -3.88. The number of ketones is 1. The number of nitrogens with zero attached hydrogens (tertiary/aromatic N) is 5. The van der Waals surface area contributed by atoms with Gasteiger partial charge in [0.2, 0.25) is 27.6 Å². The second-order valence-corrected chi connectivity index (χ2v) is 17.1. The van der Waals surface area contributed by atoms with Crippen LogP contribution in [0.3, 0.4) is 0 Å². The molecule has 1 saturated carbocycles. The van der Waals surface area contributed by atoms with Gasteiger partial charge in [0, 0.05) is 58.7 Å². The largest absolute Gasteiger partial charge is 0.384 e. The molecule has 53 heavy (non-hydrogen) atoms. The van der Waals surface area contributed by atoms with Gasteiger partial charge in [0.05, 0.1) is 22.8 Å². The molecule has 4 amide bonds. The van der Waals surface area contributed by atoms with Crippen LogP contribution in [-0.2, 0) is 39.5 Å². The molecule has 5 N–H and O–H groups in total. The lowest BCUT2D eigenvalue weighted by molar-refractivity contribution is -0.147. The van der Waals surface area contributed by atoms with Crippen molar-refractivity contribution in [3.8, 4) is 0 Å². The van der Waals surface area contributed by atoms with Crippen molar-refractivity contribution in [2.75, 3.05) is 33.9 Å². The van der Waals surface area contributed by atoms with E-state index in [9.17, 15) is 37.5 Å². The predicted molar refractivity (Wildman–Crippen MR) is 189 cm³/mol. The molecule has 18 heteroatoms. The van der Waals surface area contributed by atoms with Crippen LogP contribution < -0.4 is 16.4 Å². The smallest absolute Gasteiger partial charge is 0.287 e. The Balaban J connectivity index is 1.48. The maximum atomic E-state index is 14.8. The Labute approximate surface area is 309 Å². The molecule has 2 aromatic rings. The number of amides is 4. The number of likely N-dealkylation sites (tertiary alicyclic amines) is 1. The van der Waals surface area contributed by atoms with Crippen molar-refractivity contribution in [1.82, 2.24) is 34.8 Å². The fourth-order valence-electron chi connectivity index (χ4n) is 7.53. The third-order valence-corrected chi connectivity index (χ3v) is 12.4. The lowest BCUT2D eigenvalue weighted by atomic mass is 9.84. The summed E-state index contributed by atoms with van der Waals surface area (Å²) in [6.07, 6.45) is 6.47. The first-order chi connectivity index (χ1) is 24.9. The minimum atomic E-state index is -3.74. The van der Waals surface area contributed by atoms with Gasteiger partial charge < -0.3 is 31.1 Å². The van der Waals surface area contributed by atoms with Crippen molar-refractivity contribution in [1.29, 1.82) is 0 Å². The molecule has 290 valence electrons. The summed E-state index contributed by atoms with van der Waals surface area (Å²) < 4.78 is 33.2. The van der Waals surface area contributed by atoms with E-state index in [0.29, 0.717) is 12.1 Å². The number of primary amides is 1. The molecule has 1 aromatic heterocycles. The van der Waals surface area contributed by atoms with E-state index in [2.05, 4.69) is 20.9 Å². The van der Waals surface area contributed by atoms with Crippen LogP contribution in [0.25, 0.3) is 0 Å². The normalized spacial score (nSPS) is 21.6. The molecule has 0 spiro atoms. The molecule has 0 radical (unpaired) electrons. The van der Waals surface area contributed by atoms with E-state index in [-0.39, 0.29) is 55.4 Å². The monoisotopic (exact) mass is 758 g/mol. The second-order valence-electron chi connectivity index (χ2n) is 15.0. The molecular formula is C35H50N8O9S. The molecule has 2 saturated heterocycles. The molecule has 3 atom stereocenters. The van der Waals surface area contributed by atoms with Crippen molar-refractivity contribution < 1.29 is 42.2 Å². The van der Waals surface area contributed by atoms with Gasteiger partial charge in [0.25, 0.3) is 11.8 Å². The Morgan fingerprint density at radius 3 is 2.30 bits per heavy atom. The summed E-state index contributed by atoms with van der Waals surface area (Å²) in [5.41, 5.74) is 2.91. The quantitative estimate of drug-likeness (QED) is 0.204. The standard InChI is InChI=1S/C35H50N8O9S/c1-34(2,49)28-20-37-40-43(28)24-19-27(32(47)39-35(29(44)30(36)45)14-16-52-17-15-35)42(21-24)33(48)26(18-22-8-6-5-7-9-22)38-31(46)23-10-12-25(13-11-23)53(50,51)41(3)4/h10-13,20,22,24,26-27,49H,5-9,14-19,21H2,1-4H3,(H2,36,45)(H,38,46)(H,39,47)/t24-,26?,27-/m0/s1. The third-order valence-electron chi connectivity index (χ3n) is 10.6. The molecule has 1 unspecified atom stereocenters. The Morgan fingerprint density at radius 2 is 1.72 bits per heavy atom. The zero-order chi connectivity index (χ0) is 38.7. The van der Waals surface area contributed by atoms with E-state index < -0.39 is 68.7 Å². The van der Waals surface area contributed by atoms with Crippen LogP contribution in [0.4, 0.5) is 0 Å². The average Bonchev–Trinajstić information content (AvgIpc) is 3.80. The molecule has 1 aliphatic carbocycles. The van der Waals surface area contributed by atoms with Gasteiger partial charge in [-0.3, -0.25) is 24.0 Å². The summed E-state index contributed by atoms with van der Waals surface area (Å²) in [4.78, 5) is 69.4. The highest BCUT2D eigenvalue weighted by atomic mass is 32.2. The summed E-state index contributed by atoms with van der Waals surface area (Å²) >= 11 is 0. The lowest BCUT2D eigenvalue weighted by Gasteiger charge is -2.37. The summed E-state index contributed by atoms with van der Waals surface area (Å²) in [5, 5.41) is 24.7. The highest BCUT2D eigenvalue weighted by Gasteiger charge is 2.49. The number of Topliss-reactive ketones (excluding diaryl/α,β-unsaturated/α-hetero) is 1. The van der Waals surface area contributed by atoms with Gasteiger partial charge in [-0.05, 0) is 50.5 Å². The van der Waals surface area contributed by atoms with Crippen LogP contribution >= 0.6 is 0 Å². The Hall–Kier alpha value is -4.26. The van der Waals surface area contributed by atoms with Gasteiger partial charge in [-0.25, -0.2) is 17.4 Å². The first-order valence-electron chi connectivity index (χ1n) is 18.0. The number of sulfonamides is 1. The molecule has 2 aliphatic heterocycles. The van der Waals surface area contributed by atoms with E-state index in [0.717, 1.165) is 36.4 Å². The zero-order valence-electron chi connectivity index (χ0n) is 30.6. The fourth-order valence-corrected chi connectivity index (χ4v) is 8.43. The number of carbonyl (C=O) groups excluding carboxylic acids is 5. The van der Waals surface area contributed by atoms with E-state index >= 15 is 0 Å². The van der Waals surface area contributed by atoms with E-state index in [1.165, 1.54) is 54.1 Å². The van der Waals surface area contributed by atoms with Crippen LogP contribution in [-0.4, -0.2) is 119 Å². The number of nitrogens with two attached hydrogens (primary N) is 1. The number of rotatable bonds is 13. The summed E-state index contributed by atoms with van der Waals surface area (Å²) in [6.45, 7) is 3.28. The average molecular weight is 759 g/mol. The van der Waals surface area contributed by atoms with Crippen LogP contribution in [0.1, 0.15) is 93.7 Å². The Morgan fingerprint density at radius 1 is 1.08 bits per heavy atom. The highest BCUT2D eigenvalue weighted by molar-refractivity contribution is 7.89. The molecule has 17 nitrogen and oxygen atoms in total. The van der Waals surface area contributed by atoms with Crippen LogP contribution in [0, 0.1) is 5.92 Å². The number of ether oxygens (including phenoxy) is 1. The Bertz CT molecular complexity index is 1790. The first-order valence-corrected chi connectivity index (χ1v) is 19.4. The Kier molecular flexibility index (Phi) is 12.1. The number of benzene rings is 1. The van der Waals surface area contributed by atoms with E-state index in [1.54, 1.807) is 13.8 Å². The maximum Gasteiger partial charge on any atom is 0.287 e. The minimum absolute atomic E-state index is 0.00139. The van der Waals surface area contributed by atoms with Gasteiger partial charge in [0.1, 0.15) is 23.2 Å². The first kappa shape index (κ1) is 39.9. The number of carbonyl (C=O) groups is 5. The van der Waals surface area contributed by atoms with Crippen molar-refractivity contribution in [3.05, 3.63) is 41.7 Å². The fraction of sp³-hybridized carbons (Fsp3) is 0.629. The van der Waals surface area contributed by atoms with Gasteiger partial charge in [-0.15, -0.1) is 5.10 Å². The van der Waals surface area contributed by atoms with Gasteiger partial charge in [-0.1, -0.05) is 37.3 Å². The number of hydrogen-bond donors (Lipinski definition) is 4. The SMILES string of the molecule is CN(C)S(=O)(=O)c1ccc(C(=O)NC(CC2CCCCC2)C(=O)N2C[C@@H](n3nncc3C(C)(C)O)C[C@H]2C(=O)NC2(C(=O)C(N)=O)CCOCC2)cc1. The number of hydrogen-bond acceptors (Lipinski definition) is 11. The molecule has 3 heterocycles. The molecule has 0 bridgehead atoms. The highest BCUT2D eigenvalue weighted by Crippen LogP contribution is 2.34. The van der Waals surface area contributed by atoms with Crippen molar-refractivity contribution in [3.63, 3.8) is 0 Å². The van der Waals surface area contributed by atoms with E-state index in [1.807, 2.05) is 0 Å². The van der Waals surface area contributed by atoms with Crippen molar-refractivity contribution >= 4 is 39.4 Å². The molecule has 3 fully saturated rings. The van der Waals surface area contributed by atoms with Crippen LogP contribution in [0.15, 0.2) is 35.4 Å². The topological polar surface area (TPSA) is 236 Å². The third kappa shape index (κ3) is 8.77. The number of nitrogens with one attached hydrogen (secondary N) is 2. The van der Waals surface area contributed by atoms with Gasteiger partial charge in [0.15, 0.2) is 0 Å². The number of aliphatic hydroxyl groups is 1. The number of aromatic nitrogens is 3. The van der Waals surface area contributed by atoms with E-state index in [4.69, 9.17) is 10.5 Å². The van der Waals surface area contributed by atoms with Crippen molar-refractivity contribution in [2.24, 2.45) is 11.7 Å². The molecular weight excluding hydrogens is 708 g/mol. The predicted octanol–water partition coefficient (Wildman–Crippen LogP) is 0.387. The summed E-state index contributed by atoms with van der Waals surface area (Å²) in [6, 6.07) is 2.53. The summed E-state index contributed by atoms with van der Waals surface area (Å²) in [7, 11) is -0.932. The lowest BCUT2D eigenvalue weighted by Crippen LogP contribution is -2.64. The molecule has 3 aliphatic rings.